The van der Waals surface area contributed by atoms with E-state index >= 15 is 0 Å². The van der Waals surface area contributed by atoms with Crippen LogP contribution in [0.25, 0.3) is 11.3 Å². The fraction of sp³-hybridized carbons (Fsp3) is 0.450. The summed E-state index contributed by atoms with van der Waals surface area (Å²) in [4.78, 5) is 32.7. The highest BCUT2D eigenvalue weighted by molar-refractivity contribution is 7.14. The first-order chi connectivity index (χ1) is 13.5. The van der Waals surface area contributed by atoms with Crippen LogP contribution in [0.5, 0.6) is 0 Å². The molecule has 0 aliphatic carbocycles. The topological polar surface area (TPSA) is 74.8 Å². The minimum atomic E-state index is -0.295. The standard InChI is InChI=1S/C20H26N4O3S/c1-4-27-20(26)24-11-9-23(10-12-24)15(3)18(25)22-19-21-17(13-28-19)16-7-5-14(2)6-8-16/h5-8,13,15H,4,9-12H2,1-3H3,(H,21,22,25)/t15-/m1/s1. The number of carbonyl (C=O) groups excluding carboxylic acids is 2. The Hall–Kier alpha value is -2.45. The summed E-state index contributed by atoms with van der Waals surface area (Å²) in [6, 6.07) is 7.86. The van der Waals surface area contributed by atoms with Crippen molar-refractivity contribution in [3.63, 3.8) is 0 Å². The normalized spacial score (nSPS) is 15.9. The Bertz CT molecular complexity index is 813. The van der Waals surface area contributed by atoms with Crippen LogP contribution in [0.4, 0.5) is 9.93 Å². The Morgan fingerprint density at radius 1 is 1.21 bits per heavy atom. The summed E-state index contributed by atoms with van der Waals surface area (Å²) in [7, 11) is 0. The van der Waals surface area contributed by atoms with Crippen LogP contribution in [0.2, 0.25) is 0 Å². The lowest BCUT2D eigenvalue weighted by atomic mass is 10.1. The zero-order valence-electron chi connectivity index (χ0n) is 16.5. The van der Waals surface area contributed by atoms with Gasteiger partial charge in [-0.1, -0.05) is 29.8 Å². The largest absolute Gasteiger partial charge is 0.450 e. The predicted octanol–water partition coefficient (Wildman–Crippen LogP) is 3.22. The molecule has 7 nitrogen and oxygen atoms in total. The van der Waals surface area contributed by atoms with Crippen LogP contribution >= 0.6 is 11.3 Å². The van der Waals surface area contributed by atoms with Crippen LogP contribution in [-0.4, -0.2) is 65.6 Å². The van der Waals surface area contributed by atoms with Crippen molar-refractivity contribution in [1.29, 1.82) is 0 Å². The molecule has 0 bridgehead atoms. The van der Waals surface area contributed by atoms with Gasteiger partial charge in [-0.15, -0.1) is 11.3 Å². The number of benzene rings is 1. The van der Waals surface area contributed by atoms with Gasteiger partial charge in [0.1, 0.15) is 0 Å². The molecule has 0 saturated carbocycles. The van der Waals surface area contributed by atoms with E-state index in [0.29, 0.717) is 37.9 Å². The highest BCUT2D eigenvalue weighted by Gasteiger charge is 2.28. The molecule has 1 aromatic heterocycles. The predicted molar refractivity (Wildman–Crippen MR) is 111 cm³/mol. The molecule has 1 N–H and O–H groups in total. The van der Waals surface area contributed by atoms with Crippen LogP contribution in [0, 0.1) is 6.92 Å². The molecule has 2 heterocycles. The molecule has 0 radical (unpaired) electrons. The van der Waals surface area contributed by atoms with Crippen molar-refractivity contribution in [1.82, 2.24) is 14.8 Å². The fourth-order valence-corrected chi connectivity index (χ4v) is 3.79. The second kappa shape index (κ2) is 9.16. The maximum atomic E-state index is 12.6. The number of rotatable bonds is 5. The van der Waals surface area contributed by atoms with E-state index in [1.54, 1.807) is 11.8 Å². The number of carbonyl (C=O) groups is 2. The Morgan fingerprint density at radius 3 is 2.54 bits per heavy atom. The molecule has 1 aromatic carbocycles. The monoisotopic (exact) mass is 402 g/mol. The first kappa shape index (κ1) is 20.3. The molecule has 150 valence electrons. The summed E-state index contributed by atoms with van der Waals surface area (Å²) in [6.07, 6.45) is -0.286. The van der Waals surface area contributed by atoms with E-state index in [0.717, 1.165) is 11.3 Å². The Labute approximate surface area is 169 Å². The maximum absolute atomic E-state index is 12.6. The van der Waals surface area contributed by atoms with Crippen molar-refractivity contribution in [3.8, 4) is 11.3 Å². The van der Waals surface area contributed by atoms with Gasteiger partial charge >= 0.3 is 6.09 Å². The summed E-state index contributed by atoms with van der Waals surface area (Å²) in [6.45, 7) is 8.49. The summed E-state index contributed by atoms with van der Waals surface area (Å²) in [5.74, 6) is -0.0885. The van der Waals surface area contributed by atoms with Gasteiger partial charge in [0.05, 0.1) is 18.3 Å². The Balaban J connectivity index is 1.54. The second-order valence-electron chi connectivity index (χ2n) is 6.79. The third-order valence-electron chi connectivity index (χ3n) is 4.85. The smallest absolute Gasteiger partial charge is 0.409 e. The summed E-state index contributed by atoms with van der Waals surface area (Å²) >= 11 is 1.42. The number of hydrogen-bond acceptors (Lipinski definition) is 6. The quantitative estimate of drug-likeness (QED) is 0.831. The van der Waals surface area contributed by atoms with Crippen LogP contribution in [0.3, 0.4) is 0 Å². The number of piperazine rings is 1. The van der Waals surface area contributed by atoms with Crippen molar-refractivity contribution in [3.05, 3.63) is 35.2 Å². The molecule has 1 saturated heterocycles. The molecule has 0 spiro atoms. The van der Waals surface area contributed by atoms with Crippen molar-refractivity contribution < 1.29 is 14.3 Å². The first-order valence-electron chi connectivity index (χ1n) is 9.47. The van der Waals surface area contributed by atoms with E-state index in [2.05, 4.69) is 15.2 Å². The van der Waals surface area contributed by atoms with Gasteiger partial charge in [0.25, 0.3) is 0 Å². The van der Waals surface area contributed by atoms with E-state index in [-0.39, 0.29) is 18.0 Å². The second-order valence-corrected chi connectivity index (χ2v) is 7.65. The van der Waals surface area contributed by atoms with Crippen LogP contribution in [-0.2, 0) is 9.53 Å². The number of aryl methyl sites for hydroxylation is 1. The maximum Gasteiger partial charge on any atom is 0.409 e. The first-order valence-corrected chi connectivity index (χ1v) is 10.3. The summed E-state index contributed by atoms with van der Waals surface area (Å²) in [5, 5.41) is 5.46. The van der Waals surface area contributed by atoms with Crippen molar-refractivity contribution in [2.24, 2.45) is 0 Å². The molecular formula is C20H26N4O3S. The Kier molecular flexibility index (Phi) is 6.64. The minimum absolute atomic E-state index is 0.0885. The van der Waals surface area contributed by atoms with Gasteiger partial charge in [0.2, 0.25) is 5.91 Å². The van der Waals surface area contributed by atoms with Crippen molar-refractivity contribution in [2.75, 3.05) is 38.1 Å². The van der Waals surface area contributed by atoms with Gasteiger partial charge in [-0.05, 0) is 20.8 Å². The number of anilines is 1. The molecule has 0 unspecified atom stereocenters. The zero-order valence-corrected chi connectivity index (χ0v) is 17.3. The molecular weight excluding hydrogens is 376 g/mol. The highest BCUT2D eigenvalue weighted by atomic mass is 32.1. The van der Waals surface area contributed by atoms with E-state index in [9.17, 15) is 9.59 Å². The molecule has 28 heavy (non-hydrogen) atoms. The molecule has 2 aromatic rings. The SMILES string of the molecule is CCOC(=O)N1CCN([C@H](C)C(=O)Nc2nc(-c3ccc(C)cc3)cs2)CC1. The summed E-state index contributed by atoms with van der Waals surface area (Å²) in [5.41, 5.74) is 3.09. The van der Waals surface area contributed by atoms with Gasteiger partial charge in [-0.25, -0.2) is 9.78 Å². The molecule has 1 fully saturated rings. The molecule has 3 rings (SSSR count). The van der Waals surface area contributed by atoms with E-state index in [4.69, 9.17) is 4.74 Å². The van der Waals surface area contributed by atoms with E-state index in [1.807, 2.05) is 43.5 Å². The van der Waals surface area contributed by atoms with E-state index < -0.39 is 0 Å². The number of nitrogens with one attached hydrogen (secondary N) is 1. The highest BCUT2D eigenvalue weighted by Crippen LogP contribution is 2.25. The van der Waals surface area contributed by atoms with Gasteiger partial charge in [0, 0.05) is 37.1 Å². The minimum Gasteiger partial charge on any atom is -0.450 e. The van der Waals surface area contributed by atoms with Gasteiger partial charge in [-0.3, -0.25) is 9.69 Å². The fourth-order valence-electron chi connectivity index (χ4n) is 3.07. The molecule has 1 aliphatic rings. The lowest BCUT2D eigenvalue weighted by Crippen LogP contribution is -2.54. The van der Waals surface area contributed by atoms with Gasteiger partial charge in [0.15, 0.2) is 5.13 Å². The van der Waals surface area contributed by atoms with Crippen LogP contribution in [0.1, 0.15) is 19.4 Å². The van der Waals surface area contributed by atoms with Crippen LogP contribution < -0.4 is 5.32 Å². The summed E-state index contributed by atoms with van der Waals surface area (Å²) < 4.78 is 5.03. The third kappa shape index (κ3) is 4.88. The van der Waals surface area contributed by atoms with Crippen molar-refractivity contribution in [2.45, 2.75) is 26.8 Å². The molecule has 1 atom stereocenters. The molecule has 2 amide bonds. The number of amides is 2. The number of aromatic nitrogens is 1. The third-order valence-corrected chi connectivity index (χ3v) is 5.61. The lowest BCUT2D eigenvalue weighted by molar-refractivity contribution is -0.121. The van der Waals surface area contributed by atoms with Gasteiger partial charge in [-0.2, -0.15) is 0 Å². The van der Waals surface area contributed by atoms with E-state index in [1.165, 1.54) is 16.9 Å². The number of ether oxygens (including phenoxy) is 1. The van der Waals surface area contributed by atoms with Gasteiger partial charge < -0.3 is 15.0 Å². The Morgan fingerprint density at radius 2 is 1.89 bits per heavy atom. The van der Waals surface area contributed by atoms with Crippen molar-refractivity contribution >= 4 is 28.5 Å². The molecule has 1 aliphatic heterocycles. The number of thiazole rings is 1. The number of hydrogen-bond donors (Lipinski definition) is 1. The molecule has 8 heteroatoms. The van der Waals surface area contributed by atoms with Crippen LogP contribution in [0.15, 0.2) is 29.6 Å². The average Bonchev–Trinajstić information content (AvgIpc) is 3.16. The number of nitrogens with zero attached hydrogens (tertiary/aromatic N) is 3. The lowest BCUT2D eigenvalue weighted by Gasteiger charge is -2.36. The average molecular weight is 403 g/mol. The zero-order chi connectivity index (χ0) is 20.1.